The minimum absolute atomic E-state index is 0.0647. The van der Waals surface area contributed by atoms with Crippen molar-refractivity contribution in [3.63, 3.8) is 0 Å². The Kier molecular flexibility index (Phi) is 5.29. The summed E-state index contributed by atoms with van der Waals surface area (Å²) in [5.74, 6) is 0.941. The van der Waals surface area contributed by atoms with E-state index in [1.54, 1.807) is 0 Å². The third-order valence-corrected chi connectivity index (χ3v) is 5.63. The van der Waals surface area contributed by atoms with Crippen molar-refractivity contribution in [3.8, 4) is 0 Å². The molecular weight excluding hydrogens is 296 g/mol. The fourth-order valence-electron chi connectivity index (χ4n) is 4.56. The zero-order valence-electron chi connectivity index (χ0n) is 15.7. The first-order valence-corrected chi connectivity index (χ1v) is 9.74. The van der Waals surface area contributed by atoms with E-state index >= 15 is 0 Å². The van der Waals surface area contributed by atoms with Gasteiger partial charge >= 0.3 is 0 Å². The van der Waals surface area contributed by atoms with Gasteiger partial charge in [0.05, 0.1) is 0 Å². The van der Waals surface area contributed by atoms with Crippen LogP contribution in [-0.4, -0.2) is 36.4 Å². The predicted molar refractivity (Wildman–Crippen MR) is 101 cm³/mol. The van der Waals surface area contributed by atoms with Gasteiger partial charge in [0.25, 0.3) is 0 Å². The quantitative estimate of drug-likeness (QED) is 0.750. The summed E-state index contributed by atoms with van der Waals surface area (Å²) in [7, 11) is 0. The molecule has 132 valence electrons. The average Bonchev–Trinajstić information content (AvgIpc) is 2.98. The van der Waals surface area contributed by atoms with E-state index in [0.29, 0.717) is 17.7 Å². The monoisotopic (exact) mass is 328 g/mol. The molecule has 1 heterocycles. The summed E-state index contributed by atoms with van der Waals surface area (Å²) >= 11 is 0. The number of hydrogen-bond donors (Lipinski definition) is 1. The van der Waals surface area contributed by atoms with Crippen molar-refractivity contribution < 1.29 is 4.79 Å². The van der Waals surface area contributed by atoms with Gasteiger partial charge in [0.2, 0.25) is 0 Å². The number of Topliss-reactive ketones (excluding diaryl/α,β-unsaturated/α-hetero) is 1. The molecule has 0 radical (unpaired) electrons. The maximum atomic E-state index is 12.7. The molecule has 2 atom stereocenters. The fraction of sp³-hybridized carbons (Fsp3) is 0.667. The standard InChI is InChI=1S/C21H32N2O/c1-5-9-23(10-6-2)16-11-15-13-22-19-8-7-17(21(24)14(3)4)18(12-16)20(15)19/h7-8,14-16,22H,5-6,9-13H2,1-4H3/t15-,16+/m1/s1. The number of anilines is 1. The molecule has 0 fully saturated rings. The van der Waals surface area contributed by atoms with E-state index in [0.717, 1.165) is 18.5 Å². The number of nitrogens with zero attached hydrogens (tertiary/aromatic N) is 1. The smallest absolute Gasteiger partial charge is 0.165 e. The van der Waals surface area contributed by atoms with Gasteiger partial charge in [-0.1, -0.05) is 27.7 Å². The van der Waals surface area contributed by atoms with Crippen molar-refractivity contribution in [1.82, 2.24) is 4.90 Å². The van der Waals surface area contributed by atoms with Crippen molar-refractivity contribution in [2.75, 3.05) is 25.0 Å². The molecule has 1 N–H and O–H groups in total. The molecule has 3 heteroatoms. The Hall–Kier alpha value is -1.35. The molecule has 0 unspecified atom stereocenters. The minimum Gasteiger partial charge on any atom is -0.384 e. The number of ketones is 1. The molecule has 1 aromatic carbocycles. The average molecular weight is 329 g/mol. The maximum absolute atomic E-state index is 12.7. The molecule has 1 aromatic rings. The van der Waals surface area contributed by atoms with Crippen LogP contribution in [0.3, 0.4) is 0 Å². The minimum atomic E-state index is 0.0647. The second-order valence-electron chi connectivity index (χ2n) is 7.78. The van der Waals surface area contributed by atoms with E-state index in [9.17, 15) is 4.79 Å². The third kappa shape index (κ3) is 3.11. The van der Waals surface area contributed by atoms with Crippen molar-refractivity contribution in [2.24, 2.45) is 5.92 Å². The van der Waals surface area contributed by atoms with Gasteiger partial charge in [-0.25, -0.2) is 0 Å². The van der Waals surface area contributed by atoms with Crippen LogP contribution in [0.4, 0.5) is 5.69 Å². The maximum Gasteiger partial charge on any atom is 0.165 e. The largest absolute Gasteiger partial charge is 0.384 e. The summed E-state index contributed by atoms with van der Waals surface area (Å²) in [6, 6.07) is 4.78. The van der Waals surface area contributed by atoms with Crippen LogP contribution in [-0.2, 0) is 6.42 Å². The van der Waals surface area contributed by atoms with Crippen molar-refractivity contribution >= 4 is 11.5 Å². The zero-order valence-corrected chi connectivity index (χ0v) is 15.7. The molecule has 0 bridgehead atoms. The number of benzene rings is 1. The SMILES string of the molecule is CCCN(CCC)[C@@H]1Cc2c(C(=O)C(C)C)ccc3c2[C@@H](CN3)C1. The number of carbonyl (C=O) groups excluding carboxylic acids is 1. The molecule has 3 nitrogen and oxygen atoms in total. The molecule has 0 amide bonds. The van der Waals surface area contributed by atoms with Gasteiger partial charge < -0.3 is 10.2 Å². The first kappa shape index (κ1) is 17.5. The second-order valence-corrected chi connectivity index (χ2v) is 7.78. The van der Waals surface area contributed by atoms with Gasteiger partial charge in [-0.15, -0.1) is 0 Å². The topological polar surface area (TPSA) is 32.3 Å². The lowest BCUT2D eigenvalue weighted by Gasteiger charge is -2.38. The molecule has 0 saturated carbocycles. The summed E-state index contributed by atoms with van der Waals surface area (Å²) in [5, 5.41) is 3.57. The lowest BCUT2D eigenvalue weighted by molar-refractivity contribution is 0.0936. The van der Waals surface area contributed by atoms with Gasteiger partial charge in [-0.2, -0.15) is 0 Å². The van der Waals surface area contributed by atoms with Gasteiger partial charge in [0, 0.05) is 35.7 Å². The molecule has 24 heavy (non-hydrogen) atoms. The van der Waals surface area contributed by atoms with Crippen molar-refractivity contribution in [3.05, 3.63) is 28.8 Å². The van der Waals surface area contributed by atoms with E-state index in [-0.39, 0.29) is 5.92 Å². The first-order chi connectivity index (χ1) is 11.6. The molecule has 0 saturated heterocycles. The zero-order chi connectivity index (χ0) is 17.3. The van der Waals surface area contributed by atoms with Crippen LogP contribution in [0.2, 0.25) is 0 Å². The van der Waals surface area contributed by atoms with Crippen LogP contribution < -0.4 is 5.32 Å². The van der Waals surface area contributed by atoms with E-state index in [1.165, 1.54) is 49.2 Å². The van der Waals surface area contributed by atoms with Gasteiger partial charge in [-0.3, -0.25) is 4.79 Å². The Balaban J connectivity index is 1.97. The normalized spacial score (nSPS) is 21.9. The summed E-state index contributed by atoms with van der Waals surface area (Å²) in [4.78, 5) is 15.4. The highest BCUT2D eigenvalue weighted by molar-refractivity contribution is 6.00. The lowest BCUT2D eigenvalue weighted by atomic mass is 9.77. The summed E-state index contributed by atoms with van der Waals surface area (Å²) in [6.07, 6.45) is 4.66. The Morgan fingerprint density at radius 2 is 1.96 bits per heavy atom. The Morgan fingerprint density at radius 3 is 2.58 bits per heavy atom. The van der Waals surface area contributed by atoms with Gasteiger partial charge in [0.1, 0.15) is 0 Å². The molecule has 0 aromatic heterocycles. The van der Waals surface area contributed by atoms with E-state index < -0.39 is 0 Å². The molecular formula is C21H32N2O. The Labute approximate surface area is 146 Å². The van der Waals surface area contributed by atoms with E-state index in [4.69, 9.17) is 0 Å². The molecule has 0 spiro atoms. The summed E-state index contributed by atoms with van der Waals surface area (Å²) in [5.41, 5.74) is 5.04. The molecule has 3 rings (SSSR count). The fourth-order valence-corrected chi connectivity index (χ4v) is 4.56. The lowest BCUT2D eigenvalue weighted by Crippen LogP contribution is -2.42. The number of nitrogens with one attached hydrogen (secondary N) is 1. The summed E-state index contributed by atoms with van der Waals surface area (Å²) < 4.78 is 0. The van der Waals surface area contributed by atoms with E-state index in [1.807, 2.05) is 13.8 Å². The second kappa shape index (κ2) is 7.26. The van der Waals surface area contributed by atoms with Gasteiger partial charge in [0.15, 0.2) is 5.78 Å². The van der Waals surface area contributed by atoms with Crippen LogP contribution in [0.25, 0.3) is 0 Å². The van der Waals surface area contributed by atoms with Gasteiger partial charge in [-0.05, 0) is 62.0 Å². The summed E-state index contributed by atoms with van der Waals surface area (Å²) in [6.45, 7) is 11.9. The highest BCUT2D eigenvalue weighted by Gasteiger charge is 2.37. The highest BCUT2D eigenvalue weighted by Crippen LogP contribution is 2.44. The van der Waals surface area contributed by atoms with E-state index in [2.05, 4.69) is 36.2 Å². The third-order valence-electron chi connectivity index (χ3n) is 5.63. The number of hydrogen-bond acceptors (Lipinski definition) is 3. The van der Waals surface area contributed by atoms with Crippen molar-refractivity contribution in [1.29, 1.82) is 0 Å². The molecule has 2 aliphatic rings. The number of carbonyl (C=O) groups is 1. The highest BCUT2D eigenvalue weighted by atomic mass is 16.1. The van der Waals surface area contributed by atoms with Crippen molar-refractivity contribution in [2.45, 2.75) is 65.3 Å². The predicted octanol–water partition coefficient (Wildman–Crippen LogP) is 4.47. The van der Waals surface area contributed by atoms with Crippen LogP contribution in [0.5, 0.6) is 0 Å². The molecule has 1 aliphatic heterocycles. The van der Waals surface area contributed by atoms with Crippen LogP contribution in [0.15, 0.2) is 12.1 Å². The van der Waals surface area contributed by atoms with Crippen LogP contribution in [0, 0.1) is 5.92 Å². The van der Waals surface area contributed by atoms with Crippen LogP contribution >= 0.6 is 0 Å². The first-order valence-electron chi connectivity index (χ1n) is 9.74. The Bertz CT molecular complexity index is 602. The number of rotatable bonds is 7. The van der Waals surface area contributed by atoms with Crippen LogP contribution in [0.1, 0.15) is 74.4 Å². The molecule has 1 aliphatic carbocycles. The Morgan fingerprint density at radius 1 is 1.25 bits per heavy atom.